The monoisotopic (exact) mass is 306 g/mol. The normalized spacial score (nSPS) is 12.1. The fraction of sp³-hybridized carbons (Fsp3) is 0.214. The molecule has 0 radical (unpaired) electrons. The maximum Gasteiger partial charge on any atom is 0.269 e. The number of rotatable bonds is 5. The Balaban J connectivity index is 2.48. The number of nitrogens with zero attached hydrogens (tertiary/aromatic N) is 2. The highest BCUT2D eigenvalue weighted by Gasteiger charge is 2.21. The molecule has 2 rings (SSSR count). The molecule has 0 bridgehead atoms. The highest BCUT2D eigenvalue weighted by atomic mass is 16.6. The second kappa shape index (κ2) is 6.37. The average molecular weight is 306 g/mol. The van der Waals surface area contributed by atoms with Gasteiger partial charge in [0.15, 0.2) is 5.75 Å². The van der Waals surface area contributed by atoms with Gasteiger partial charge in [-0.15, -0.1) is 0 Å². The summed E-state index contributed by atoms with van der Waals surface area (Å²) in [5.74, 6) is -0.623. The summed E-state index contributed by atoms with van der Waals surface area (Å²) in [6, 6.07) is 6.23. The number of non-ortho nitro benzene ring substituents is 1. The van der Waals surface area contributed by atoms with Crippen LogP contribution in [0.1, 0.15) is 17.4 Å². The highest BCUT2D eigenvalue weighted by molar-refractivity contribution is 5.39. The van der Waals surface area contributed by atoms with Gasteiger partial charge in [-0.3, -0.25) is 14.9 Å². The molecule has 0 aliphatic carbocycles. The van der Waals surface area contributed by atoms with E-state index in [1.165, 1.54) is 35.0 Å². The fourth-order valence-electron chi connectivity index (χ4n) is 2.10. The number of aromatic nitrogens is 1. The molecule has 22 heavy (non-hydrogen) atoms. The Hall–Kier alpha value is -2.71. The summed E-state index contributed by atoms with van der Waals surface area (Å²) in [6.45, 7) is -0.171. The average Bonchev–Trinajstić information content (AvgIpc) is 2.51. The number of nitro benzene ring substituents is 1. The van der Waals surface area contributed by atoms with Gasteiger partial charge in [0.2, 0.25) is 5.43 Å². The number of nitro groups is 1. The van der Waals surface area contributed by atoms with E-state index in [9.17, 15) is 25.1 Å². The third-order valence-electron chi connectivity index (χ3n) is 3.21. The number of aromatic hydroxyl groups is 1. The van der Waals surface area contributed by atoms with Gasteiger partial charge in [0.05, 0.1) is 17.2 Å². The molecule has 1 aromatic heterocycles. The SMILES string of the molecule is O=c1ccn(CCO)c(C(O)c2ccc([N+](=O)[O-])cc2)c1O. The zero-order valence-electron chi connectivity index (χ0n) is 11.4. The molecular formula is C14H14N2O6. The van der Waals surface area contributed by atoms with E-state index in [-0.39, 0.29) is 30.1 Å². The molecule has 0 saturated heterocycles. The zero-order chi connectivity index (χ0) is 16.3. The van der Waals surface area contributed by atoms with Gasteiger partial charge in [-0.05, 0) is 17.7 Å². The minimum absolute atomic E-state index is 0.0737. The summed E-state index contributed by atoms with van der Waals surface area (Å²) in [7, 11) is 0. The summed E-state index contributed by atoms with van der Waals surface area (Å²) in [5.41, 5.74) is -0.597. The van der Waals surface area contributed by atoms with Crippen LogP contribution < -0.4 is 5.43 Å². The Morgan fingerprint density at radius 2 is 1.86 bits per heavy atom. The number of pyridine rings is 1. The van der Waals surface area contributed by atoms with E-state index in [0.717, 1.165) is 6.07 Å². The number of hydrogen-bond acceptors (Lipinski definition) is 6. The van der Waals surface area contributed by atoms with Crippen molar-refractivity contribution in [1.82, 2.24) is 4.57 Å². The third-order valence-corrected chi connectivity index (χ3v) is 3.21. The van der Waals surface area contributed by atoms with Crippen molar-refractivity contribution in [2.75, 3.05) is 6.61 Å². The van der Waals surface area contributed by atoms with Crippen molar-refractivity contribution in [3.8, 4) is 5.75 Å². The quantitative estimate of drug-likeness (QED) is 0.546. The van der Waals surface area contributed by atoms with Crippen LogP contribution >= 0.6 is 0 Å². The maximum absolute atomic E-state index is 11.5. The lowest BCUT2D eigenvalue weighted by Crippen LogP contribution is -2.18. The zero-order valence-corrected chi connectivity index (χ0v) is 11.4. The van der Waals surface area contributed by atoms with E-state index in [2.05, 4.69) is 0 Å². The smallest absolute Gasteiger partial charge is 0.269 e. The first kappa shape index (κ1) is 15.7. The lowest BCUT2D eigenvalue weighted by molar-refractivity contribution is -0.384. The minimum Gasteiger partial charge on any atom is -0.503 e. The standard InChI is InChI=1S/C14H14N2O6/c17-8-7-15-6-5-11(18)14(20)12(15)13(19)9-1-3-10(4-2-9)16(21)22/h1-6,13,17,19-20H,7-8H2. The van der Waals surface area contributed by atoms with Gasteiger partial charge in [-0.1, -0.05) is 0 Å². The highest BCUT2D eigenvalue weighted by Crippen LogP contribution is 2.28. The Morgan fingerprint density at radius 1 is 1.23 bits per heavy atom. The summed E-state index contributed by atoms with van der Waals surface area (Å²) in [4.78, 5) is 21.6. The third kappa shape index (κ3) is 2.97. The van der Waals surface area contributed by atoms with E-state index < -0.39 is 22.2 Å². The lowest BCUT2D eigenvalue weighted by Gasteiger charge is -2.18. The summed E-state index contributed by atoms with van der Waals surface area (Å²) < 4.78 is 1.35. The van der Waals surface area contributed by atoms with Crippen LogP contribution in [0, 0.1) is 10.1 Å². The van der Waals surface area contributed by atoms with Gasteiger partial charge >= 0.3 is 0 Å². The van der Waals surface area contributed by atoms with Gasteiger partial charge in [0.25, 0.3) is 5.69 Å². The van der Waals surface area contributed by atoms with Gasteiger partial charge in [0.1, 0.15) is 6.10 Å². The first-order valence-electron chi connectivity index (χ1n) is 6.41. The molecule has 0 amide bonds. The van der Waals surface area contributed by atoms with Gasteiger partial charge in [-0.25, -0.2) is 0 Å². The largest absolute Gasteiger partial charge is 0.503 e. The van der Waals surface area contributed by atoms with E-state index in [4.69, 9.17) is 5.11 Å². The second-order valence-electron chi connectivity index (χ2n) is 4.58. The number of hydrogen-bond donors (Lipinski definition) is 3. The van der Waals surface area contributed by atoms with Crippen LogP contribution in [0.2, 0.25) is 0 Å². The molecule has 3 N–H and O–H groups in total. The first-order valence-corrected chi connectivity index (χ1v) is 6.41. The van der Waals surface area contributed by atoms with Crippen molar-refractivity contribution in [3.05, 3.63) is 68.1 Å². The molecular weight excluding hydrogens is 292 g/mol. The Bertz CT molecular complexity index is 738. The van der Waals surface area contributed by atoms with E-state index in [1.807, 2.05) is 0 Å². The van der Waals surface area contributed by atoms with Crippen molar-refractivity contribution in [3.63, 3.8) is 0 Å². The van der Waals surface area contributed by atoms with Crippen LogP contribution in [-0.4, -0.2) is 31.4 Å². The number of aliphatic hydroxyl groups excluding tert-OH is 2. The lowest BCUT2D eigenvalue weighted by atomic mass is 10.0. The predicted molar refractivity (Wildman–Crippen MR) is 76.6 cm³/mol. The van der Waals surface area contributed by atoms with Crippen LogP contribution in [0.5, 0.6) is 5.75 Å². The summed E-state index contributed by atoms with van der Waals surface area (Å²) in [6.07, 6.45) is -0.0105. The Kier molecular flexibility index (Phi) is 4.54. The molecule has 0 saturated carbocycles. The Labute approximate surface area is 124 Å². The molecule has 0 aliphatic rings. The van der Waals surface area contributed by atoms with E-state index in [1.54, 1.807) is 0 Å². The summed E-state index contributed by atoms with van der Waals surface area (Å²) >= 11 is 0. The van der Waals surface area contributed by atoms with Crippen molar-refractivity contribution >= 4 is 5.69 Å². The van der Waals surface area contributed by atoms with Crippen LogP contribution in [-0.2, 0) is 6.54 Å². The fourth-order valence-corrected chi connectivity index (χ4v) is 2.10. The predicted octanol–water partition coefficient (Wildman–Crippen LogP) is 0.536. The van der Waals surface area contributed by atoms with E-state index in [0.29, 0.717) is 0 Å². The number of benzene rings is 1. The molecule has 8 nitrogen and oxygen atoms in total. The number of aliphatic hydroxyl groups is 2. The van der Waals surface area contributed by atoms with Crippen molar-refractivity contribution in [2.24, 2.45) is 0 Å². The molecule has 1 unspecified atom stereocenters. The second-order valence-corrected chi connectivity index (χ2v) is 4.58. The first-order chi connectivity index (χ1) is 10.5. The minimum atomic E-state index is -1.36. The van der Waals surface area contributed by atoms with Crippen LogP contribution in [0.3, 0.4) is 0 Å². The molecule has 0 spiro atoms. The molecule has 2 aromatic rings. The molecule has 0 fully saturated rings. The summed E-state index contributed by atoms with van der Waals surface area (Å²) in [5, 5.41) is 39.9. The van der Waals surface area contributed by atoms with Crippen molar-refractivity contribution in [1.29, 1.82) is 0 Å². The topological polar surface area (TPSA) is 126 Å². The maximum atomic E-state index is 11.5. The van der Waals surface area contributed by atoms with Gasteiger partial charge in [-0.2, -0.15) is 0 Å². The van der Waals surface area contributed by atoms with Crippen molar-refractivity contribution in [2.45, 2.75) is 12.6 Å². The molecule has 8 heteroatoms. The molecule has 116 valence electrons. The van der Waals surface area contributed by atoms with Crippen molar-refractivity contribution < 1.29 is 20.2 Å². The van der Waals surface area contributed by atoms with Gasteiger partial charge in [0, 0.05) is 30.9 Å². The molecule has 1 atom stereocenters. The van der Waals surface area contributed by atoms with Crippen LogP contribution in [0.15, 0.2) is 41.3 Å². The molecule has 1 aromatic carbocycles. The molecule has 0 aliphatic heterocycles. The van der Waals surface area contributed by atoms with Gasteiger partial charge < -0.3 is 19.9 Å². The van der Waals surface area contributed by atoms with Crippen LogP contribution in [0.4, 0.5) is 5.69 Å². The molecule has 1 heterocycles. The van der Waals surface area contributed by atoms with Crippen LogP contribution in [0.25, 0.3) is 0 Å². The Morgan fingerprint density at radius 3 is 2.41 bits per heavy atom. The van der Waals surface area contributed by atoms with E-state index >= 15 is 0 Å².